The van der Waals surface area contributed by atoms with Crippen molar-refractivity contribution >= 4 is 12.6 Å². The van der Waals surface area contributed by atoms with Gasteiger partial charge in [-0.2, -0.15) is 5.10 Å². The predicted molar refractivity (Wildman–Crippen MR) is 59.9 cm³/mol. The Morgan fingerprint density at radius 3 is 2.76 bits per heavy atom. The molecule has 0 atom stereocenters. The number of hydrogen-bond donors (Lipinski definition) is 2. The Morgan fingerprint density at radius 1 is 1.41 bits per heavy atom. The molecule has 0 aliphatic heterocycles. The molecule has 88 valence electrons. The lowest BCUT2D eigenvalue weighted by Crippen LogP contribution is -2.28. The van der Waals surface area contributed by atoms with Crippen LogP contribution in [0.15, 0.2) is 30.6 Å². The van der Waals surface area contributed by atoms with Gasteiger partial charge in [0.2, 0.25) is 0 Å². The molecule has 2 rings (SSSR count). The molecule has 5 nitrogen and oxygen atoms in total. The fourth-order valence-electron chi connectivity index (χ4n) is 1.40. The standard InChI is InChI=1S/C10H10BFN2O3/c1-17-10-4-8(2-3-9(10)12)14-6-7(5-13-14)11(15)16/h2-6,15-16H,1H3. The summed E-state index contributed by atoms with van der Waals surface area (Å²) in [5.41, 5.74) is 0.823. The molecule has 0 unspecified atom stereocenters. The van der Waals surface area contributed by atoms with Crippen LogP contribution < -0.4 is 10.2 Å². The Bertz CT molecular complexity index is 530. The maximum Gasteiger partial charge on any atom is 0.491 e. The van der Waals surface area contributed by atoms with Crippen LogP contribution in [-0.2, 0) is 0 Å². The van der Waals surface area contributed by atoms with Crippen molar-refractivity contribution in [2.24, 2.45) is 0 Å². The van der Waals surface area contributed by atoms with Gasteiger partial charge in [0.25, 0.3) is 0 Å². The molecule has 0 spiro atoms. The van der Waals surface area contributed by atoms with E-state index in [0.717, 1.165) is 0 Å². The van der Waals surface area contributed by atoms with E-state index in [1.165, 1.54) is 42.4 Å². The molecular formula is C10H10BFN2O3. The van der Waals surface area contributed by atoms with E-state index in [-0.39, 0.29) is 11.2 Å². The van der Waals surface area contributed by atoms with Gasteiger partial charge in [-0.25, -0.2) is 9.07 Å². The second-order valence-electron chi connectivity index (χ2n) is 3.41. The van der Waals surface area contributed by atoms with E-state index in [9.17, 15) is 4.39 Å². The number of aromatic nitrogens is 2. The van der Waals surface area contributed by atoms with Crippen molar-refractivity contribution in [1.29, 1.82) is 0 Å². The molecule has 0 amide bonds. The molecule has 7 heteroatoms. The molecule has 0 saturated heterocycles. The third kappa shape index (κ3) is 2.30. The average molecular weight is 236 g/mol. The van der Waals surface area contributed by atoms with Crippen molar-refractivity contribution in [1.82, 2.24) is 9.78 Å². The normalized spacial score (nSPS) is 10.4. The summed E-state index contributed by atoms with van der Waals surface area (Å²) in [6.07, 6.45) is 2.76. The average Bonchev–Trinajstić information content (AvgIpc) is 2.79. The molecule has 0 aliphatic carbocycles. The molecule has 0 radical (unpaired) electrons. The molecule has 2 aromatic rings. The van der Waals surface area contributed by atoms with Crippen LogP contribution in [0.5, 0.6) is 5.75 Å². The van der Waals surface area contributed by atoms with Crippen LogP contribution in [0.2, 0.25) is 0 Å². The molecule has 17 heavy (non-hydrogen) atoms. The van der Waals surface area contributed by atoms with Gasteiger partial charge in [0.15, 0.2) is 11.6 Å². The first-order valence-corrected chi connectivity index (χ1v) is 4.86. The summed E-state index contributed by atoms with van der Waals surface area (Å²) < 4.78 is 19.4. The van der Waals surface area contributed by atoms with Crippen LogP contribution >= 0.6 is 0 Å². The van der Waals surface area contributed by atoms with Gasteiger partial charge in [-0.05, 0) is 12.1 Å². The number of methoxy groups -OCH3 is 1. The first-order valence-electron chi connectivity index (χ1n) is 4.86. The molecule has 1 heterocycles. The lowest BCUT2D eigenvalue weighted by atomic mass is 9.83. The van der Waals surface area contributed by atoms with Crippen molar-refractivity contribution in [3.8, 4) is 11.4 Å². The zero-order valence-corrected chi connectivity index (χ0v) is 9.04. The number of nitrogens with zero attached hydrogens (tertiary/aromatic N) is 2. The summed E-state index contributed by atoms with van der Waals surface area (Å²) in [5, 5.41) is 21.8. The minimum atomic E-state index is -1.58. The summed E-state index contributed by atoms with van der Waals surface area (Å²) in [6.45, 7) is 0. The third-order valence-corrected chi connectivity index (χ3v) is 2.30. The zero-order chi connectivity index (χ0) is 12.4. The van der Waals surface area contributed by atoms with Crippen LogP contribution in [0.4, 0.5) is 4.39 Å². The second kappa shape index (κ2) is 4.56. The van der Waals surface area contributed by atoms with Gasteiger partial charge in [0.1, 0.15) is 0 Å². The van der Waals surface area contributed by atoms with Gasteiger partial charge < -0.3 is 14.8 Å². The van der Waals surface area contributed by atoms with Crippen LogP contribution in [0.3, 0.4) is 0 Å². The monoisotopic (exact) mass is 236 g/mol. The maximum atomic E-state index is 13.2. The fraction of sp³-hybridized carbons (Fsp3) is 0.100. The van der Waals surface area contributed by atoms with E-state index in [0.29, 0.717) is 5.69 Å². The SMILES string of the molecule is COc1cc(-n2cc(B(O)O)cn2)ccc1F. The van der Waals surface area contributed by atoms with Crippen molar-refractivity contribution in [3.63, 3.8) is 0 Å². The van der Waals surface area contributed by atoms with E-state index < -0.39 is 12.9 Å². The topological polar surface area (TPSA) is 67.5 Å². The molecule has 0 bridgehead atoms. The van der Waals surface area contributed by atoms with Crippen molar-refractivity contribution < 1.29 is 19.2 Å². The first kappa shape index (κ1) is 11.6. The summed E-state index contributed by atoms with van der Waals surface area (Å²) in [4.78, 5) is 0. The van der Waals surface area contributed by atoms with Gasteiger partial charge in [0.05, 0.1) is 12.8 Å². The number of hydrogen-bond acceptors (Lipinski definition) is 4. The number of ether oxygens (including phenoxy) is 1. The van der Waals surface area contributed by atoms with Crippen LogP contribution in [0, 0.1) is 5.82 Å². The summed E-state index contributed by atoms with van der Waals surface area (Å²) in [7, 11) is -0.208. The maximum absolute atomic E-state index is 13.2. The Morgan fingerprint density at radius 2 is 2.18 bits per heavy atom. The molecule has 1 aromatic heterocycles. The van der Waals surface area contributed by atoms with E-state index in [2.05, 4.69) is 5.10 Å². The van der Waals surface area contributed by atoms with E-state index in [1.54, 1.807) is 0 Å². The highest BCUT2D eigenvalue weighted by molar-refractivity contribution is 6.58. The van der Waals surface area contributed by atoms with Gasteiger partial charge in [-0.1, -0.05) is 0 Å². The summed E-state index contributed by atoms with van der Waals surface area (Å²) in [6, 6.07) is 4.24. The van der Waals surface area contributed by atoms with Crippen LogP contribution in [0.25, 0.3) is 5.69 Å². The molecule has 0 saturated carbocycles. The number of benzene rings is 1. The van der Waals surface area contributed by atoms with Gasteiger partial charge >= 0.3 is 7.12 Å². The van der Waals surface area contributed by atoms with Crippen molar-refractivity contribution in [3.05, 3.63) is 36.4 Å². The van der Waals surface area contributed by atoms with Crippen LogP contribution in [-0.4, -0.2) is 34.1 Å². The molecule has 1 aromatic carbocycles. The van der Waals surface area contributed by atoms with Crippen molar-refractivity contribution in [2.75, 3.05) is 7.11 Å². The number of halogens is 1. The van der Waals surface area contributed by atoms with E-state index >= 15 is 0 Å². The second-order valence-corrected chi connectivity index (χ2v) is 3.41. The Balaban J connectivity index is 2.38. The van der Waals surface area contributed by atoms with E-state index in [1.807, 2.05) is 0 Å². The van der Waals surface area contributed by atoms with Gasteiger partial charge in [-0.15, -0.1) is 0 Å². The first-order chi connectivity index (χ1) is 8.11. The quantitative estimate of drug-likeness (QED) is 0.718. The molecule has 0 aliphatic rings. The Kier molecular flexibility index (Phi) is 3.12. The Labute approximate surface area is 97.2 Å². The highest BCUT2D eigenvalue weighted by Gasteiger charge is 2.14. The molecule has 2 N–H and O–H groups in total. The lowest BCUT2D eigenvalue weighted by molar-refractivity contribution is 0.386. The number of rotatable bonds is 3. The molecule has 0 fully saturated rings. The largest absolute Gasteiger partial charge is 0.494 e. The van der Waals surface area contributed by atoms with Gasteiger partial charge in [0, 0.05) is 23.9 Å². The van der Waals surface area contributed by atoms with Crippen molar-refractivity contribution in [2.45, 2.75) is 0 Å². The minimum Gasteiger partial charge on any atom is -0.494 e. The highest BCUT2D eigenvalue weighted by atomic mass is 19.1. The third-order valence-electron chi connectivity index (χ3n) is 2.30. The lowest BCUT2D eigenvalue weighted by Gasteiger charge is -2.05. The van der Waals surface area contributed by atoms with E-state index in [4.69, 9.17) is 14.8 Å². The smallest absolute Gasteiger partial charge is 0.491 e. The predicted octanol–water partition coefficient (Wildman–Crippen LogP) is -0.300. The summed E-state index contributed by atoms with van der Waals surface area (Å²) in [5.74, 6) is -0.366. The molecular weight excluding hydrogens is 226 g/mol. The Hall–Kier alpha value is -1.86. The highest BCUT2D eigenvalue weighted by Crippen LogP contribution is 2.19. The van der Waals surface area contributed by atoms with Crippen LogP contribution in [0.1, 0.15) is 0 Å². The van der Waals surface area contributed by atoms with Gasteiger partial charge in [-0.3, -0.25) is 0 Å². The fourth-order valence-corrected chi connectivity index (χ4v) is 1.40. The minimum absolute atomic E-state index is 0.101. The zero-order valence-electron chi connectivity index (χ0n) is 9.04. The summed E-state index contributed by atoms with van der Waals surface area (Å²) >= 11 is 0.